The number of fused-ring (bicyclic) bond motifs is 1. The summed E-state index contributed by atoms with van der Waals surface area (Å²) in [5.41, 5.74) is 9.02. The topological polar surface area (TPSA) is 51.3 Å². The van der Waals surface area contributed by atoms with Crippen molar-refractivity contribution in [2.45, 2.75) is 45.2 Å². The second-order valence-electron chi connectivity index (χ2n) is 6.84. The van der Waals surface area contributed by atoms with Gasteiger partial charge in [-0.1, -0.05) is 13.8 Å². The number of likely N-dealkylation sites (N-methyl/N-ethyl adjacent to an activating group) is 1. The van der Waals surface area contributed by atoms with Crippen molar-refractivity contribution in [2.24, 2.45) is 11.1 Å². The van der Waals surface area contributed by atoms with E-state index < -0.39 is 0 Å². The lowest BCUT2D eigenvalue weighted by Crippen LogP contribution is -2.32. The predicted molar refractivity (Wildman–Crippen MR) is 74.8 cm³/mol. The lowest BCUT2D eigenvalue weighted by Gasteiger charge is -2.35. The zero-order valence-electron chi connectivity index (χ0n) is 12.0. The van der Waals surface area contributed by atoms with Crippen molar-refractivity contribution >= 4 is 5.91 Å². The van der Waals surface area contributed by atoms with Gasteiger partial charge in [0.15, 0.2) is 0 Å². The smallest absolute Gasteiger partial charge is 0.245 e. The molecule has 0 bridgehead atoms. The Kier molecular flexibility index (Phi) is 2.75. The van der Waals surface area contributed by atoms with Gasteiger partial charge in [-0.05, 0) is 36.3 Å². The maximum Gasteiger partial charge on any atom is 0.245 e. The van der Waals surface area contributed by atoms with E-state index in [0.29, 0.717) is 0 Å². The third-order valence-corrected chi connectivity index (χ3v) is 4.61. The molecule has 0 spiro atoms. The highest BCUT2D eigenvalue weighted by Crippen LogP contribution is 2.41. The summed E-state index contributed by atoms with van der Waals surface area (Å²) < 4.78 is 2.18. The third-order valence-electron chi connectivity index (χ3n) is 4.61. The number of likely N-dealkylation sites (tertiary alicyclic amines) is 1. The van der Waals surface area contributed by atoms with Gasteiger partial charge in [0.2, 0.25) is 5.91 Å². The Morgan fingerprint density at radius 1 is 1.42 bits per heavy atom. The maximum atomic E-state index is 12.2. The van der Waals surface area contributed by atoms with E-state index in [-0.39, 0.29) is 23.4 Å². The molecule has 1 amide bonds. The first kappa shape index (κ1) is 12.7. The van der Waals surface area contributed by atoms with Gasteiger partial charge < -0.3 is 15.2 Å². The first-order valence-electron chi connectivity index (χ1n) is 7.09. The summed E-state index contributed by atoms with van der Waals surface area (Å²) in [6.45, 7) is 5.37. The minimum atomic E-state index is -0.0187. The molecule has 0 aromatic carbocycles. The normalized spacial score (nSPS) is 29.7. The number of carbonyl (C=O) groups excluding carboxylic acids is 1. The Morgan fingerprint density at radius 3 is 2.79 bits per heavy atom. The fourth-order valence-corrected chi connectivity index (χ4v) is 3.61. The molecule has 4 nitrogen and oxygen atoms in total. The second-order valence-corrected chi connectivity index (χ2v) is 6.84. The maximum absolute atomic E-state index is 12.2. The highest BCUT2D eigenvalue weighted by Gasteiger charge is 2.37. The average molecular weight is 261 g/mol. The SMILES string of the molecule is CN1CCC(n2ccc3c2CC(C)(C)CC3N)C1=O. The van der Waals surface area contributed by atoms with Crippen LogP contribution in [0, 0.1) is 5.41 Å². The van der Waals surface area contributed by atoms with Crippen LogP contribution in [0.15, 0.2) is 12.3 Å². The number of nitrogens with zero attached hydrogens (tertiary/aromatic N) is 2. The van der Waals surface area contributed by atoms with Crippen molar-refractivity contribution in [3.05, 3.63) is 23.5 Å². The molecule has 1 aromatic rings. The highest BCUT2D eigenvalue weighted by molar-refractivity contribution is 5.82. The number of amides is 1. The van der Waals surface area contributed by atoms with E-state index in [1.54, 1.807) is 0 Å². The van der Waals surface area contributed by atoms with Gasteiger partial charge in [0.1, 0.15) is 6.04 Å². The van der Waals surface area contributed by atoms with Crippen LogP contribution in [0.25, 0.3) is 0 Å². The van der Waals surface area contributed by atoms with E-state index in [2.05, 4.69) is 30.7 Å². The largest absolute Gasteiger partial charge is 0.344 e. The van der Waals surface area contributed by atoms with Gasteiger partial charge in [0.25, 0.3) is 0 Å². The molecule has 1 aliphatic heterocycles. The van der Waals surface area contributed by atoms with E-state index >= 15 is 0 Å². The molecule has 2 heterocycles. The molecule has 4 heteroatoms. The molecule has 2 unspecified atom stereocenters. The molecule has 0 radical (unpaired) electrons. The van der Waals surface area contributed by atoms with Crippen molar-refractivity contribution in [3.63, 3.8) is 0 Å². The molecule has 0 saturated carbocycles. The van der Waals surface area contributed by atoms with Gasteiger partial charge in [-0.3, -0.25) is 4.79 Å². The summed E-state index contributed by atoms with van der Waals surface area (Å²) in [5, 5.41) is 0. The summed E-state index contributed by atoms with van der Waals surface area (Å²) in [6.07, 6.45) is 5.00. The Labute approximate surface area is 114 Å². The van der Waals surface area contributed by atoms with E-state index in [1.165, 1.54) is 11.3 Å². The molecule has 3 rings (SSSR count). The Balaban J connectivity index is 2.00. The van der Waals surface area contributed by atoms with Gasteiger partial charge in [-0.25, -0.2) is 0 Å². The van der Waals surface area contributed by atoms with Crippen molar-refractivity contribution in [1.29, 1.82) is 0 Å². The van der Waals surface area contributed by atoms with Crippen molar-refractivity contribution in [1.82, 2.24) is 9.47 Å². The lowest BCUT2D eigenvalue weighted by atomic mass is 9.74. The molecule has 104 valence electrons. The van der Waals surface area contributed by atoms with Crippen LogP contribution < -0.4 is 5.73 Å². The van der Waals surface area contributed by atoms with Gasteiger partial charge in [0.05, 0.1) is 0 Å². The molecular weight excluding hydrogens is 238 g/mol. The van der Waals surface area contributed by atoms with Crippen LogP contribution >= 0.6 is 0 Å². The van der Waals surface area contributed by atoms with Crippen LogP contribution in [0.2, 0.25) is 0 Å². The number of carbonyl (C=O) groups is 1. The highest BCUT2D eigenvalue weighted by atomic mass is 16.2. The molecule has 2 aliphatic rings. The second kappa shape index (κ2) is 4.10. The molecule has 2 atom stereocenters. The Hall–Kier alpha value is -1.29. The fourth-order valence-electron chi connectivity index (χ4n) is 3.61. The van der Waals surface area contributed by atoms with E-state index in [9.17, 15) is 4.79 Å². The summed E-state index contributed by atoms with van der Waals surface area (Å²) in [4.78, 5) is 14.0. The van der Waals surface area contributed by atoms with Gasteiger partial charge in [-0.2, -0.15) is 0 Å². The average Bonchev–Trinajstić information content (AvgIpc) is 2.83. The molecule has 1 fully saturated rings. The quantitative estimate of drug-likeness (QED) is 0.839. The monoisotopic (exact) mass is 261 g/mol. The Morgan fingerprint density at radius 2 is 2.16 bits per heavy atom. The first-order valence-corrected chi connectivity index (χ1v) is 7.09. The van der Waals surface area contributed by atoms with Crippen molar-refractivity contribution in [2.75, 3.05) is 13.6 Å². The van der Waals surface area contributed by atoms with Crippen LogP contribution in [-0.2, 0) is 11.2 Å². The van der Waals surface area contributed by atoms with E-state index in [1.807, 2.05) is 11.9 Å². The van der Waals surface area contributed by atoms with Gasteiger partial charge in [-0.15, -0.1) is 0 Å². The minimum Gasteiger partial charge on any atom is -0.344 e. The zero-order chi connectivity index (χ0) is 13.8. The molecule has 1 saturated heterocycles. The number of nitrogens with two attached hydrogens (primary N) is 1. The summed E-state index contributed by atoms with van der Waals surface area (Å²) in [6, 6.07) is 2.20. The number of aromatic nitrogens is 1. The van der Waals surface area contributed by atoms with Crippen molar-refractivity contribution < 1.29 is 4.79 Å². The Bertz CT molecular complexity index is 517. The number of hydrogen-bond donors (Lipinski definition) is 1. The number of rotatable bonds is 1. The standard InChI is InChI=1S/C15H23N3O/c1-15(2)8-11(16)10-4-7-18(13(10)9-15)12-5-6-17(3)14(12)19/h4,7,11-12H,5-6,8-9,16H2,1-3H3. The lowest BCUT2D eigenvalue weighted by molar-refractivity contribution is -0.129. The first-order chi connectivity index (χ1) is 8.89. The van der Waals surface area contributed by atoms with Crippen LogP contribution in [0.5, 0.6) is 0 Å². The fraction of sp³-hybridized carbons (Fsp3) is 0.667. The van der Waals surface area contributed by atoms with E-state index in [4.69, 9.17) is 5.73 Å². The van der Waals surface area contributed by atoms with Crippen LogP contribution in [0.1, 0.15) is 50.0 Å². The summed E-state index contributed by atoms with van der Waals surface area (Å²) in [7, 11) is 1.88. The zero-order valence-corrected chi connectivity index (χ0v) is 12.0. The third kappa shape index (κ3) is 1.98. The van der Waals surface area contributed by atoms with Crippen LogP contribution in [0.4, 0.5) is 0 Å². The molecule has 2 N–H and O–H groups in total. The van der Waals surface area contributed by atoms with Gasteiger partial charge in [0, 0.05) is 31.5 Å². The van der Waals surface area contributed by atoms with Gasteiger partial charge >= 0.3 is 0 Å². The molecular formula is C15H23N3O. The van der Waals surface area contributed by atoms with Crippen LogP contribution in [-0.4, -0.2) is 29.0 Å². The summed E-state index contributed by atoms with van der Waals surface area (Å²) in [5.74, 6) is 0.232. The van der Waals surface area contributed by atoms with Crippen molar-refractivity contribution in [3.8, 4) is 0 Å². The number of hydrogen-bond acceptors (Lipinski definition) is 2. The molecule has 1 aromatic heterocycles. The predicted octanol–water partition coefficient (Wildman–Crippen LogP) is 1.86. The summed E-state index contributed by atoms with van der Waals surface area (Å²) >= 11 is 0. The molecule has 1 aliphatic carbocycles. The molecule has 19 heavy (non-hydrogen) atoms. The van der Waals surface area contributed by atoms with E-state index in [0.717, 1.165) is 25.8 Å². The van der Waals surface area contributed by atoms with Crippen LogP contribution in [0.3, 0.4) is 0 Å². The minimum absolute atomic E-state index is 0.0187.